The van der Waals surface area contributed by atoms with Crippen molar-refractivity contribution in [1.29, 1.82) is 0 Å². The Bertz CT molecular complexity index is 502. The first kappa shape index (κ1) is 12.5. The first-order valence-electron chi connectivity index (χ1n) is 5.70. The third-order valence-corrected chi connectivity index (χ3v) is 2.55. The molecule has 18 heavy (non-hydrogen) atoms. The summed E-state index contributed by atoms with van der Waals surface area (Å²) in [6, 6.07) is 8.25. The van der Waals surface area contributed by atoms with Gasteiger partial charge in [-0.2, -0.15) is 0 Å². The fourth-order valence-corrected chi connectivity index (χ4v) is 1.58. The third-order valence-electron chi connectivity index (χ3n) is 2.55. The predicted octanol–water partition coefficient (Wildman–Crippen LogP) is 2.33. The van der Waals surface area contributed by atoms with Crippen LogP contribution < -0.4 is 4.74 Å². The molecule has 0 fully saturated rings. The fourth-order valence-electron chi connectivity index (χ4n) is 1.58. The molecule has 1 aromatic carbocycles. The number of hydrogen-bond donors (Lipinski definition) is 1. The van der Waals surface area contributed by atoms with Crippen LogP contribution in [0.5, 0.6) is 5.75 Å². The lowest BCUT2D eigenvalue weighted by Gasteiger charge is -2.08. The molecule has 0 saturated carbocycles. The Morgan fingerprint density at radius 2 is 2.11 bits per heavy atom. The van der Waals surface area contributed by atoms with Gasteiger partial charge in [-0.1, -0.05) is 12.1 Å². The van der Waals surface area contributed by atoms with Crippen molar-refractivity contribution in [3.63, 3.8) is 0 Å². The van der Waals surface area contributed by atoms with Gasteiger partial charge in [-0.15, -0.1) is 0 Å². The molecular weight excluding hydrogens is 233 g/mol. The minimum atomic E-state index is -0.451. The molecule has 0 bridgehead atoms. The largest absolute Gasteiger partial charge is 0.490 e. The predicted molar refractivity (Wildman–Crippen MR) is 65.8 cm³/mol. The molecule has 0 atom stereocenters. The molecule has 2 aromatic rings. The zero-order valence-corrected chi connectivity index (χ0v) is 9.84. The summed E-state index contributed by atoms with van der Waals surface area (Å²) in [5.74, 6) is -0.246. The van der Waals surface area contributed by atoms with Crippen LogP contribution in [0.25, 0.3) is 0 Å². The van der Waals surface area contributed by atoms with Gasteiger partial charge in [0.25, 0.3) is 0 Å². The highest BCUT2D eigenvalue weighted by Gasteiger charge is 2.04. The van der Waals surface area contributed by atoms with E-state index in [9.17, 15) is 4.39 Å². The summed E-state index contributed by atoms with van der Waals surface area (Å²) < 4.78 is 18.9. The molecule has 0 aliphatic rings. The summed E-state index contributed by atoms with van der Waals surface area (Å²) in [5.41, 5.74) is 1.58. The second-order valence-corrected chi connectivity index (χ2v) is 3.88. The number of aliphatic hydroxyl groups excluding tert-OH is 1. The lowest BCUT2D eigenvalue weighted by molar-refractivity contribution is 0.279. The van der Waals surface area contributed by atoms with Gasteiger partial charge >= 0.3 is 0 Å². The Morgan fingerprint density at radius 1 is 1.22 bits per heavy atom. The second-order valence-electron chi connectivity index (χ2n) is 3.88. The van der Waals surface area contributed by atoms with Crippen LogP contribution in [0, 0.1) is 5.82 Å². The number of nitrogens with zero attached hydrogens (tertiary/aromatic N) is 1. The van der Waals surface area contributed by atoms with E-state index in [1.165, 1.54) is 12.1 Å². The van der Waals surface area contributed by atoms with E-state index in [0.717, 1.165) is 5.56 Å². The van der Waals surface area contributed by atoms with Gasteiger partial charge in [0.2, 0.25) is 0 Å². The minimum absolute atomic E-state index is 0.174. The van der Waals surface area contributed by atoms with Crippen LogP contribution >= 0.6 is 0 Å². The van der Waals surface area contributed by atoms with Crippen LogP contribution in [-0.2, 0) is 13.0 Å². The highest BCUT2D eigenvalue weighted by atomic mass is 19.1. The van der Waals surface area contributed by atoms with E-state index in [1.807, 2.05) is 12.1 Å². The molecular formula is C14H14FNO2. The maximum absolute atomic E-state index is 13.5. The van der Waals surface area contributed by atoms with E-state index in [1.54, 1.807) is 18.5 Å². The van der Waals surface area contributed by atoms with Gasteiger partial charge in [-0.05, 0) is 29.3 Å². The molecule has 0 radical (unpaired) electrons. The zero-order chi connectivity index (χ0) is 12.8. The standard InChI is InChI=1S/C14H14FNO2/c15-13-8-12(10-17)3-4-14(13)18-7-5-11-2-1-6-16-9-11/h1-4,6,8-9,17H,5,7,10H2. The Kier molecular flexibility index (Phi) is 4.25. The molecule has 4 heteroatoms. The van der Waals surface area contributed by atoms with Crippen LogP contribution in [0.1, 0.15) is 11.1 Å². The monoisotopic (exact) mass is 247 g/mol. The number of rotatable bonds is 5. The quantitative estimate of drug-likeness (QED) is 0.881. The molecule has 2 rings (SSSR count). The minimum Gasteiger partial charge on any atom is -0.490 e. The number of aliphatic hydroxyl groups is 1. The Hall–Kier alpha value is -1.94. The normalized spacial score (nSPS) is 10.3. The lowest BCUT2D eigenvalue weighted by Crippen LogP contribution is -2.03. The Labute approximate surface area is 105 Å². The van der Waals surface area contributed by atoms with Crippen molar-refractivity contribution in [3.05, 3.63) is 59.7 Å². The first-order chi connectivity index (χ1) is 8.79. The summed E-state index contributed by atoms with van der Waals surface area (Å²) in [5, 5.41) is 8.86. The summed E-state index contributed by atoms with van der Waals surface area (Å²) in [4.78, 5) is 3.99. The van der Waals surface area contributed by atoms with Gasteiger partial charge in [0.1, 0.15) is 0 Å². The van der Waals surface area contributed by atoms with Crippen LogP contribution in [0.15, 0.2) is 42.7 Å². The van der Waals surface area contributed by atoms with Crippen molar-refractivity contribution in [2.45, 2.75) is 13.0 Å². The summed E-state index contributed by atoms with van der Waals surface area (Å²) in [7, 11) is 0. The van der Waals surface area contributed by atoms with E-state index in [-0.39, 0.29) is 12.4 Å². The van der Waals surface area contributed by atoms with Gasteiger partial charge in [0, 0.05) is 18.8 Å². The fraction of sp³-hybridized carbons (Fsp3) is 0.214. The maximum atomic E-state index is 13.5. The molecule has 0 aliphatic carbocycles. The van der Waals surface area contributed by atoms with Crippen molar-refractivity contribution >= 4 is 0 Å². The van der Waals surface area contributed by atoms with Gasteiger partial charge < -0.3 is 9.84 Å². The van der Waals surface area contributed by atoms with E-state index in [2.05, 4.69) is 4.98 Å². The lowest BCUT2D eigenvalue weighted by atomic mass is 10.2. The molecule has 94 valence electrons. The number of benzene rings is 1. The average molecular weight is 247 g/mol. The second kappa shape index (κ2) is 6.12. The van der Waals surface area contributed by atoms with Crippen LogP contribution in [0.2, 0.25) is 0 Å². The first-order valence-corrected chi connectivity index (χ1v) is 5.70. The van der Waals surface area contributed by atoms with Gasteiger partial charge in [-0.3, -0.25) is 4.98 Å². The summed E-state index contributed by atoms with van der Waals surface area (Å²) >= 11 is 0. The molecule has 0 amide bonds. The SMILES string of the molecule is OCc1ccc(OCCc2cccnc2)c(F)c1. The van der Waals surface area contributed by atoms with Crippen molar-refractivity contribution in [3.8, 4) is 5.75 Å². The van der Waals surface area contributed by atoms with Crippen molar-refractivity contribution in [1.82, 2.24) is 4.98 Å². The highest BCUT2D eigenvalue weighted by Crippen LogP contribution is 2.18. The van der Waals surface area contributed by atoms with Crippen molar-refractivity contribution in [2.24, 2.45) is 0 Å². The van der Waals surface area contributed by atoms with Crippen LogP contribution in [0.3, 0.4) is 0 Å². The Balaban J connectivity index is 1.91. The third kappa shape index (κ3) is 3.28. The summed E-state index contributed by atoms with van der Waals surface area (Å²) in [6.45, 7) is 0.216. The number of halogens is 1. The molecule has 0 spiro atoms. The molecule has 1 heterocycles. The topological polar surface area (TPSA) is 42.4 Å². The summed E-state index contributed by atoms with van der Waals surface area (Å²) in [6.07, 6.45) is 4.14. The number of ether oxygens (including phenoxy) is 1. The number of hydrogen-bond acceptors (Lipinski definition) is 3. The van der Waals surface area contributed by atoms with Crippen molar-refractivity contribution in [2.75, 3.05) is 6.61 Å². The molecule has 1 N–H and O–H groups in total. The van der Waals surface area contributed by atoms with E-state index < -0.39 is 5.82 Å². The van der Waals surface area contributed by atoms with E-state index >= 15 is 0 Å². The Morgan fingerprint density at radius 3 is 2.78 bits per heavy atom. The molecule has 0 unspecified atom stereocenters. The molecule has 3 nitrogen and oxygen atoms in total. The molecule has 0 saturated heterocycles. The molecule has 1 aromatic heterocycles. The van der Waals surface area contributed by atoms with Gasteiger partial charge in [-0.25, -0.2) is 4.39 Å². The van der Waals surface area contributed by atoms with Gasteiger partial charge in [0.15, 0.2) is 11.6 Å². The number of pyridine rings is 1. The zero-order valence-electron chi connectivity index (χ0n) is 9.84. The highest BCUT2D eigenvalue weighted by molar-refractivity contribution is 5.29. The van der Waals surface area contributed by atoms with Crippen LogP contribution in [-0.4, -0.2) is 16.7 Å². The van der Waals surface area contributed by atoms with Crippen molar-refractivity contribution < 1.29 is 14.2 Å². The maximum Gasteiger partial charge on any atom is 0.165 e. The molecule has 0 aliphatic heterocycles. The average Bonchev–Trinajstić information content (AvgIpc) is 2.42. The number of aromatic nitrogens is 1. The van der Waals surface area contributed by atoms with Gasteiger partial charge in [0.05, 0.1) is 13.2 Å². The van der Waals surface area contributed by atoms with E-state index in [4.69, 9.17) is 9.84 Å². The van der Waals surface area contributed by atoms with Crippen LogP contribution in [0.4, 0.5) is 4.39 Å². The smallest absolute Gasteiger partial charge is 0.165 e. The van der Waals surface area contributed by atoms with E-state index in [0.29, 0.717) is 18.6 Å².